The number of likely N-dealkylation sites (tertiary alicyclic amines) is 1. The molecule has 2 aromatic heterocycles. The number of nitrogens with one attached hydrogen (secondary N) is 1. The van der Waals surface area contributed by atoms with Crippen LogP contribution in [0.5, 0.6) is 0 Å². The molecule has 3 amide bonds. The smallest absolute Gasteiger partial charge is 0.244 e. The molecular weight excluding hydrogens is 374 g/mol. The molecule has 0 atom stereocenters. The molecule has 0 radical (unpaired) electrons. The van der Waals surface area contributed by atoms with Crippen molar-refractivity contribution >= 4 is 23.4 Å². The average molecular weight is 391 g/mol. The van der Waals surface area contributed by atoms with Crippen LogP contribution in [-0.4, -0.2) is 44.3 Å². The van der Waals surface area contributed by atoms with E-state index in [1.165, 1.54) is 0 Å². The first-order valence-corrected chi connectivity index (χ1v) is 9.04. The van der Waals surface area contributed by atoms with Gasteiger partial charge in [-0.15, -0.1) is 0 Å². The third-order valence-corrected chi connectivity index (χ3v) is 4.50. The minimum atomic E-state index is -0.441. The van der Waals surface area contributed by atoms with Gasteiger partial charge in [0.2, 0.25) is 29.4 Å². The Hall–Kier alpha value is -3.88. The number of hydrogen-bond acceptors (Lipinski definition) is 7. The number of aromatic nitrogens is 3. The predicted octanol–water partition coefficient (Wildman–Crippen LogP) is 1.81. The summed E-state index contributed by atoms with van der Waals surface area (Å²) in [6.07, 6.45) is 3.91. The standard InChI is InChI=1S/C20H17N5O4/c26-16(12-25-18(27)5-6-19(25)28)22-15-4-2-1-3-14(15)11-17-23-20(24-29-17)13-7-9-21-10-8-13/h1-4,7-10H,5-6,11-12H2,(H,22,26). The lowest BCUT2D eigenvalue weighted by atomic mass is 10.1. The van der Waals surface area contributed by atoms with Crippen LogP contribution in [0, 0.1) is 0 Å². The highest BCUT2D eigenvalue weighted by atomic mass is 16.5. The highest BCUT2D eigenvalue weighted by Gasteiger charge is 2.30. The van der Waals surface area contributed by atoms with Crippen LogP contribution < -0.4 is 5.32 Å². The number of benzene rings is 1. The second-order valence-corrected chi connectivity index (χ2v) is 6.50. The van der Waals surface area contributed by atoms with Gasteiger partial charge in [0.25, 0.3) is 0 Å². The number of carbonyl (C=O) groups is 3. The molecule has 1 N–H and O–H groups in total. The molecule has 0 saturated carbocycles. The minimum Gasteiger partial charge on any atom is -0.339 e. The number of pyridine rings is 1. The summed E-state index contributed by atoms with van der Waals surface area (Å²) < 4.78 is 5.33. The Morgan fingerprint density at radius 2 is 1.79 bits per heavy atom. The largest absolute Gasteiger partial charge is 0.339 e. The predicted molar refractivity (Wildman–Crippen MR) is 101 cm³/mol. The molecule has 0 aliphatic carbocycles. The summed E-state index contributed by atoms with van der Waals surface area (Å²) in [5.74, 6) is -0.247. The molecule has 3 aromatic rings. The van der Waals surface area contributed by atoms with Gasteiger partial charge in [0, 0.05) is 36.5 Å². The van der Waals surface area contributed by atoms with Crippen molar-refractivity contribution in [1.29, 1.82) is 0 Å². The van der Waals surface area contributed by atoms with Crippen molar-refractivity contribution < 1.29 is 18.9 Å². The summed E-state index contributed by atoms with van der Waals surface area (Å²) in [4.78, 5) is 45.1. The highest BCUT2D eigenvalue weighted by Crippen LogP contribution is 2.21. The minimum absolute atomic E-state index is 0.152. The van der Waals surface area contributed by atoms with E-state index in [0.29, 0.717) is 23.8 Å². The maximum Gasteiger partial charge on any atom is 0.244 e. The number of amides is 3. The summed E-state index contributed by atoms with van der Waals surface area (Å²) in [6, 6.07) is 10.7. The first-order valence-electron chi connectivity index (χ1n) is 9.04. The van der Waals surface area contributed by atoms with Gasteiger partial charge in [0.15, 0.2) is 0 Å². The van der Waals surface area contributed by atoms with Crippen molar-refractivity contribution in [3.05, 3.63) is 60.2 Å². The molecule has 146 valence electrons. The molecule has 3 heterocycles. The summed E-state index contributed by atoms with van der Waals surface area (Å²) in [6.45, 7) is -0.293. The van der Waals surface area contributed by atoms with Gasteiger partial charge in [-0.05, 0) is 23.8 Å². The third-order valence-electron chi connectivity index (χ3n) is 4.50. The number of carbonyl (C=O) groups excluding carboxylic acids is 3. The maximum atomic E-state index is 12.3. The van der Waals surface area contributed by atoms with Crippen LogP contribution in [0.25, 0.3) is 11.4 Å². The second-order valence-electron chi connectivity index (χ2n) is 6.50. The van der Waals surface area contributed by atoms with Crippen molar-refractivity contribution in [3.63, 3.8) is 0 Å². The molecular formula is C20H17N5O4. The third kappa shape index (κ3) is 4.18. The van der Waals surface area contributed by atoms with E-state index < -0.39 is 5.91 Å². The molecule has 29 heavy (non-hydrogen) atoms. The summed E-state index contributed by atoms with van der Waals surface area (Å²) in [7, 11) is 0. The summed E-state index contributed by atoms with van der Waals surface area (Å²) in [5, 5.41) is 6.73. The first-order chi connectivity index (χ1) is 14.1. The maximum absolute atomic E-state index is 12.3. The first kappa shape index (κ1) is 18.5. The number of imide groups is 1. The fraction of sp³-hybridized carbons (Fsp3) is 0.200. The Morgan fingerprint density at radius 3 is 2.55 bits per heavy atom. The van der Waals surface area contributed by atoms with E-state index in [0.717, 1.165) is 16.0 Å². The Labute approximate surface area is 165 Å². The molecule has 1 fully saturated rings. The van der Waals surface area contributed by atoms with Gasteiger partial charge < -0.3 is 9.84 Å². The quantitative estimate of drug-likeness (QED) is 0.637. The number of rotatable bonds is 6. The van der Waals surface area contributed by atoms with Crippen molar-refractivity contribution in [3.8, 4) is 11.4 Å². The lowest BCUT2D eigenvalue weighted by Crippen LogP contribution is -2.37. The van der Waals surface area contributed by atoms with Gasteiger partial charge in [0.1, 0.15) is 6.54 Å². The Kier molecular flexibility index (Phi) is 5.10. The van der Waals surface area contributed by atoms with E-state index >= 15 is 0 Å². The number of nitrogens with zero attached hydrogens (tertiary/aromatic N) is 4. The normalized spacial score (nSPS) is 13.7. The van der Waals surface area contributed by atoms with Gasteiger partial charge in [-0.3, -0.25) is 24.3 Å². The zero-order chi connectivity index (χ0) is 20.2. The molecule has 0 spiro atoms. The number of hydrogen-bond donors (Lipinski definition) is 1. The van der Waals surface area contributed by atoms with Gasteiger partial charge in [0.05, 0.1) is 6.42 Å². The van der Waals surface area contributed by atoms with Crippen molar-refractivity contribution in [2.24, 2.45) is 0 Å². The van der Waals surface area contributed by atoms with Crippen LogP contribution in [0.1, 0.15) is 24.3 Å². The van der Waals surface area contributed by atoms with Gasteiger partial charge >= 0.3 is 0 Å². The molecule has 1 saturated heterocycles. The van der Waals surface area contributed by atoms with Crippen LogP contribution in [0.3, 0.4) is 0 Å². The molecule has 4 rings (SSSR count). The van der Waals surface area contributed by atoms with Gasteiger partial charge in [-0.2, -0.15) is 4.98 Å². The second kappa shape index (κ2) is 8.01. The molecule has 1 aliphatic rings. The van der Waals surface area contributed by atoms with E-state index in [9.17, 15) is 14.4 Å². The molecule has 9 heteroatoms. The molecule has 1 aromatic carbocycles. The van der Waals surface area contributed by atoms with E-state index in [1.54, 1.807) is 36.7 Å². The fourth-order valence-corrected chi connectivity index (χ4v) is 3.04. The Bertz CT molecular complexity index is 1050. The van der Waals surface area contributed by atoms with Crippen molar-refractivity contribution in [2.45, 2.75) is 19.3 Å². The van der Waals surface area contributed by atoms with E-state index in [4.69, 9.17) is 4.52 Å². The summed E-state index contributed by atoms with van der Waals surface area (Å²) in [5.41, 5.74) is 2.11. The topological polar surface area (TPSA) is 118 Å². The van der Waals surface area contributed by atoms with Crippen LogP contribution in [-0.2, 0) is 20.8 Å². The SMILES string of the molecule is O=C(CN1C(=O)CCC1=O)Nc1ccccc1Cc1nc(-c2ccncc2)no1. The molecule has 9 nitrogen and oxygen atoms in total. The van der Waals surface area contributed by atoms with Gasteiger partial charge in [-0.1, -0.05) is 23.4 Å². The van der Waals surface area contributed by atoms with E-state index in [-0.39, 0.29) is 31.2 Å². The van der Waals surface area contributed by atoms with Crippen LogP contribution in [0.15, 0.2) is 53.3 Å². The van der Waals surface area contributed by atoms with E-state index in [1.807, 2.05) is 12.1 Å². The highest BCUT2D eigenvalue weighted by molar-refractivity contribution is 6.06. The van der Waals surface area contributed by atoms with Crippen LogP contribution in [0.2, 0.25) is 0 Å². The zero-order valence-corrected chi connectivity index (χ0v) is 15.4. The Balaban J connectivity index is 1.46. The monoisotopic (exact) mass is 391 g/mol. The number of para-hydroxylation sites is 1. The molecule has 1 aliphatic heterocycles. The van der Waals surface area contributed by atoms with Gasteiger partial charge in [-0.25, -0.2) is 0 Å². The number of anilines is 1. The lowest BCUT2D eigenvalue weighted by molar-refractivity contribution is -0.141. The van der Waals surface area contributed by atoms with E-state index in [2.05, 4.69) is 20.4 Å². The molecule has 0 unspecified atom stereocenters. The van der Waals surface area contributed by atoms with Crippen molar-refractivity contribution in [2.75, 3.05) is 11.9 Å². The Morgan fingerprint density at radius 1 is 1.07 bits per heavy atom. The summed E-state index contributed by atoms with van der Waals surface area (Å²) >= 11 is 0. The zero-order valence-electron chi connectivity index (χ0n) is 15.4. The lowest BCUT2D eigenvalue weighted by Gasteiger charge is -2.14. The average Bonchev–Trinajstić information content (AvgIpc) is 3.32. The van der Waals surface area contributed by atoms with Crippen LogP contribution in [0.4, 0.5) is 5.69 Å². The fourth-order valence-electron chi connectivity index (χ4n) is 3.04. The molecule has 0 bridgehead atoms. The van der Waals surface area contributed by atoms with Crippen molar-refractivity contribution in [1.82, 2.24) is 20.0 Å². The van der Waals surface area contributed by atoms with Crippen LogP contribution >= 0.6 is 0 Å².